The van der Waals surface area contributed by atoms with E-state index in [-0.39, 0.29) is 29.9 Å². The van der Waals surface area contributed by atoms with Crippen LogP contribution in [0.2, 0.25) is 0 Å². The molecular formula is C15H23ClF2N2. The van der Waals surface area contributed by atoms with Gasteiger partial charge in [-0.1, -0.05) is 19.9 Å². The van der Waals surface area contributed by atoms with Gasteiger partial charge in [0.2, 0.25) is 0 Å². The Balaban J connectivity index is 0.00000200. The van der Waals surface area contributed by atoms with Gasteiger partial charge in [0.25, 0.3) is 0 Å². The third-order valence-electron chi connectivity index (χ3n) is 4.32. The summed E-state index contributed by atoms with van der Waals surface area (Å²) in [6.45, 7) is 8.10. The van der Waals surface area contributed by atoms with Crippen molar-refractivity contribution in [2.24, 2.45) is 11.1 Å². The van der Waals surface area contributed by atoms with E-state index in [0.717, 1.165) is 25.1 Å². The molecule has 1 aliphatic heterocycles. The van der Waals surface area contributed by atoms with Gasteiger partial charge in [0.1, 0.15) is 0 Å². The molecule has 1 fully saturated rings. The zero-order valence-electron chi connectivity index (χ0n) is 12.2. The second-order valence-electron chi connectivity index (χ2n) is 6.20. The zero-order chi connectivity index (χ0) is 14.2. The molecule has 2 N–H and O–H groups in total. The Kier molecular flexibility index (Phi) is 5.53. The first kappa shape index (κ1) is 17.3. The number of benzene rings is 1. The summed E-state index contributed by atoms with van der Waals surface area (Å²) >= 11 is 0. The van der Waals surface area contributed by atoms with E-state index >= 15 is 0 Å². The van der Waals surface area contributed by atoms with Gasteiger partial charge in [0.05, 0.1) is 0 Å². The predicted molar refractivity (Wildman–Crippen MR) is 80.0 cm³/mol. The second kappa shape index (κ2) is 6.37. The Labute approximate surface area is 125 Å². The van der Waals surface area contributed by atoms with Crippen LogP contribution >= 0.6 is 12.4 Å². The van der Waals surface area contributed by atoms with Gasteiger partial charge < -0.3 is 5.73 Å². The van der Waals surface area contributed by atoms with E-state index in [9.17, 15) is 8.78 Å². The highest BCUT2D eigenvalue weighted by atomic mass is 35.5. The van der Waals surface area contributed by atoms with Gasteiger partial charge >= 0.3 is 0 Å². The Hall–Kier alpha value is -0.710. The van der Waals surface area contributed by atoms with Crippen LogP contribution < -0.4 is 5.73 Å². The quantitative estimate of drug-likeness (QED) is 0.906. The van der Waals surface area contributed by atoms with Crippen LogP contribution in [-0.2, 0) is 0 Å². The van der Waals surface area contributed by atoms with Crippen molar-refractivity contribution in [2.45, 2.75) is 39.3 Å². The lowest BCUT2D eigenvalue weighted by Crippen LogP contribution is -2.52. The highest BCUT2D eigenvalue weighted by molar-refractivity contribution is 5.85. The lowest BCUT2D eigenvalue weighted by atomic mass is 9.79. The van der Waals surface area contributed by atoms with Crippen molar-refractivity contribution in [3.8, 4) is 0 Å². The fourth-order valence-electron chi connectivity index (χ4n) is 2.73. The Morgan fingerprint density at radius 3 is 2.50 bits per heavy atom. The van der Waals surface area contributed by atoms with Crippen molar-refractivity contribution in [2.75, 3.05) is 13.1 Å². The second-order valence-corrected chi connectivity index (χ2v) is 6.20. The molecule has 0 amide bonds. The number of nitrogens with zero attached hydrogens (tertiary/aromatic N) is 1. The lowest BCUT2D eigenvalue weighted by molar-refractivity contribution is 0.0663. The monoisotopic (exact) mass is 304 g/mol. The molecule has 2 nitrogen and oxygen atoms in total. The van der Waals surface area contributed by atoms with Crippen molar-refractivity contribution in [3.05, 3.63) is 35.4 Å². The smallest absolute Gasteiger partial charge is 0.159 e. The molecule has 2 atom stereocenters. The molecule has 114 valence electrons. The molecular weight excluding hydrogens is 282 g/mol. The third-order valence-corrected chi connectivity index (χ3v) is 4.32. The Bertz CT molecular complexity index is 465. The molecule has 1 aromatic rings. The van der Waals surface area contributed by atoms with Gasteiger partial charge in [-0.2, -0.15) is 0 Å². The number of piperidine rings is 1. The van der Waals surface area contributed by atoms with Crippen LogP contribution in [0.5, 0.6) is 0 Å². The van der Waals surface area contributed by atoms with Crippen LogP contribution in [0.4, 0.5) is 8.78 Å². The average Bonchev–Trinajstić information content (AvgIpc) is 2.35. The molecule has 1 heterocycles. The molecule has 0 aromatic heterocycles. The van der Waals surface area contributed by atoms with E-state index in [2.05, 4.69) is 18.7 Å². The maximum absolute atomic E-state index is 13.3. The molecule has 2 unspecified atom stereocenters. The Morgan fingerprint density at radius 2 is 1.95 bits per heavy atom. The fraction of sp³-hybridized carbons (Fsp3) is 0.600. The van der Waals surface area contributed by atoms with Gasteiger partial charge in [-0.3, -0.25) is 4.90 Å². The largest absolute Gasteiger partial charge is 0.327 e. The number of hydrogen-bond acceptors (Lipinski definition) is 2. The summed E-state index contributed by atoms with van der Waals surface area (Å²) in [7, 11) is 0. The van der Waals surface area contributed by atoms with Crippen LogP contribution in [0, 0.1) is 17.0 Å². The van der Waals surface area contributed by atoms with Gasteiger partial charge in [0, 0.05) is 25.2 Å². The van der Waals surface area contributed by atoms with Gasteiger partial charge in [-0.05, 0) is 36.5 Å². The van der Waals surface area contributed by atoms with Crippen LogP contribution in [0.15, 0.2) is 18.2 Å². The van der Waals surface area contributed by atoms with Crippen LogP contribution in [0.25, 0.3) is 0 Å². The molecule has 1 aliphatic rings. The van der Waals surface area contributed by atoms with E-state index in [1.165, 1.54) is 12.1 Å². The van der Waals surface area contributed by atoms with Gasteiger partial charge in [-0.25, -0.2) is 8.78 Å². The maximum atomic E-state index is 13.3. The summed E-state index contributed by atoms with van der Waals surface area (Å²) in [6.07, 6.45) is 0.932. The first-order valence-corrected chi connectivity index (χ1v) is 6.76. The van der Waals surface area contributed by atoms with Crippen molar-refractivity contribution < 1.29 is 8.78 Å². The SMILES string of the molecule is CC(c1ccc(F)c(F)c1)N1CCC(N)C(C)(C)C1.Cl. The van der Waals surface area contributed by atoms with E-state index in [4.69, 9.17) is 5.73 Å². The molecule has 0 bridgehead atoms. The minimum absolute atomic E-state index is 0. The summed E-state index contributed by atoms with van der Waals surface area (Å²) in [6, 6.07) is 4.41. The summed E-state index contributed by atoms with van der Waals surface area (Å²) < 4.78 is 26.3. The molecule has 20 heavy (non-hydrogen) atoms. The number of halogens is 3. The van der Waals surface area contributed by atoms with E-state index in [0.29, 0.717) is 0 Å². The fourth-order valence-corrected chi connectivity index (χ4v) is 2.73. The van der Waals surface area contributed by atoms with Gasteiger partial charge in [-0.15, -0.1) is 12.4 Å². The summed E-state index contributed by atoms with van der Waals surface area (Å²) in [4.78, 5) is 2.29. The minimum atomic E-state index is -0.794. The first-order valence-electron chi connectivity index (χ1n) is 6.76. The minimum Gasteiger partial charge on any atom is -0.327 e. The van der Waals surface area contributed by atoms with Crippen LogP contribution in [-0.4, -0.2) is 24.0 Å². The van der Waals surface area contributed by atoms with Crippen molar-refractivity contribution >= 4 is 12.4 Å². The predicted octanol–water partition coefficient (Wildman–Crippen LogP) is 3.51. The molecule has 0 spiro atoms. The average molecular weight is 305 g/mol. The van der Waals surface area contributed by atoms with Crippen molar-refractivity contribution in [1.82, 2.24) is 4.90 Å². The van der Waals surface area contributed by atoms with Crippen LogP contribution in [0.1, 0.15) is 38.8 Å². The summed E-state index contributed by atoms with van der Waals surface area (Å²) in [5.74, 6) is -1.57. The van der Waals surface area contributed by atoms with Gasteiger partial charge in [0.15, 0.2) is 11.6 Å². The molecule has 2 rings (SSSR count). The highest BCUT2D eigenvalue weighted by Gasteiger charge is 2.35. The van der Waals surface area contributed by atoms with E-state index in [1.807, 2.05) is 6.92 Å². The molecule has 5 heteroatoms. The van der Waals surface area contributed by atoms with Crippen molar-refractivity contribution in [3.63, 3.8) is 0 Å². The summed E-state index contributed by atoms with van der Waals surface area (Å²) in [5.41, 5.74) is 6.98. The number of hydrogen-bond donors (Lipinski definition) is 1. The first-order chi connectivity index (χ1) is 8.81. The van der Waals surface area contributed by atoms with Crippen LogP contribution in [0.3, 0.4) is 0 Å². The summed E-state index contributed by atoms with van der Waals surface area (Å²) in [5, 5.41) is 0. The molecule has 0 saturated carbocycles. The number of likely N-dealkylation sites (tertiary alicyclic amines) is 1. The zero-order valence-corrected chi connectivity index (χ0v) is 13.0. The highest BCUT2D eigenvalue weighted by Crippen LogP contribution is 2.33. The normalized spacial score (nSPS) is 24.0. The molecule has 0 radical (unpaired) electrons. The molecule has 1 saturated heterocycles. The maximum Gasteiger partial charge on any atom is 0.159 e. The number of rotatable bonds is 2. The Morgan fingerprint density at radius 1 is 1.30 bits per heavy atom. The van der Waals surface area contributed by atoms with Crippen molar-refractivity contribution in [1.29, 1.82) is 0 Å². The topological polar surface area (TPSA) is 29.3 Å². The standard InChI is InChI=1S/C15H22F2N2.ClH/c1-10(11-4-5-12(16)13(17)8-11)19-7-6-14(18)15(2,3)9-19;/h4-5,8,10,14H,6-7,9,18H2,1-3H3;1H. The lowest BCUT2D eigenvalue weighted by Gasteiger charge is -2.45. The van der Waals surface area contributed by atoms with E-state index < -0.39 is 11.6 Å². The molecule has 1 aromatic carbocycles. The van der Waals surface area contributed by atoms with E-state index in [1.54, 1.807) is 6.07 Å². The molecule has 0 aliphatic carbocycles. The third kappa shape index (κ3) is 3.48. The number of nitrogens with two attached hydrogens (primary N) is 1.